The molecule has 0 radical (unpaired) electrons. The monoisotopic (exact) mass is 440 g/mol. The number of methoxy groups -OCH3 is 1. The van der Waals surface area contributed by atoms with Crippen molar-refractivity contribution in [3.05, 3.63) is 23.4 Å². The molecule has 1 aliphatic heterocycles. The van der Waals surface area contributed by atoms with Crippen molar-refractivity contribution in [1.82, 2.24) is 10.3 Å². The summed E-state index contributed by atoms with van der Waals surface area (Å²) in [7, 11) is -1.65. The zero-order chi connectivity index (χ0) is 22.3. The number of rotatable bonds is 5. The minimum Gasteiger partial charge on any atom is -0.481 e. The molecular formula is C19H29F5N2O2Si. The number of piperidine rings is 1. The summed E-state index contributed by atoms with van der Waals surface area (Å²) in [5, 5.41) is 2.39. The lowest BCUT2D eigenvalue weighted by atomic mass is 9.88. The first-order chi connectivity index (χ1) is 13.1. The van der Waals surface area contributed by atoms with Crippen LogP contribution in [0.25, 0.3) is 0 Å². The normalized spacial score (nSPS) is 21.7. The molecule has 0 bridgehead atoms. The van der Waals surface area contributed by atoms with Gasteiger partial charge in [-0.15, -0.1) is 0 Å². The summed E-state index contributed by atoms with van der Waals surface area (Å²) < 4.78 is 81.5. The smallest absolute Gasteiger partial charge is 0.417 e. The Hall–Kier alpha value is -1.26. The van der Waals surface area contributed by atoms with E-state index in [-0.39, 0.29) is 36.5 Å². The van der Waals surface area contributed by atoms with E-state index in [1.54, 1.807) is 13.1 Å². The average Bonchev–Trinajstić information content (AvgIpc) is 2.57. The lowest BCUT2D eigenvalue weighted by Gasteiger charge is -2.40. The van der Waals surface area contributed by atoms with Crippen molar-refractivity contribution < 1.29 is 31.1 Å². The number of hydrogen-bond acceptors (Lipinski definition) is 4. The quantitative estimate of drug-likeness (QED) is 0.490. The average molecular weight is 441 g/mol. The predicted molar refractivity (Wildman–Crippen MR) is 103 cm³/mol. The number of hydrogen-bond donors (Lipinski definition) is 1. The van der Waals surface area contributed by atoms with Crippen molar-refractivity contribution in [2.75, 3.05) is 20.2 Å². The Labute approximate surface area is 169 Å². The van der Waals surface area contributed by atoms with Crippen LogP contribution in [0.2, 0.25) is 18.1 Å². The third-order valence-electron chi connectivity index (χ3n) is 5.79. The second-order valence-corrected chi connectivity index (χ2v) is 13.7. The van der Waals surface area contributed by atoms with E-state index < -0.39 is 37.5 Å². The number of aromatic nitrogens is 1. The molecule has 10 heteroatoms. The molecule has 2 heterocycles. The molecule has 0 aromatic carbocycles. The van der Waals surface area contributed by atoms with Crippen LogP contribution in [0, 0.1) is 0 Å². The van der Waals surface area contributed by atoms with Gasteiger partial charge in [-0.05, 0) is 29.8 Å². The van der Waals surface area contributed by atoms with Crippen LogP contribution in [-0.2, 0) is 4.43 Å². The van der Waals surface area contributed by atoms with Gasteiger partial charge in [0.05, 0.1) is 18.6 Å². The number of alkyl halides is 5. The molecule has 1 aromatic heterocycles. The SMILES string of the molecule is COc1ncc(C2CNCCC2(F)F)cc1C(O[Si](C)(C)C(C)(C)C)C(F)(F)F. The number of nitrogens with one attached hydrogen (secondary N) is 1. The minimum absolute atomic E-state index is 0.0334. The fraction of sp³-hybridized carbons (Fsp3) is 0.737. The van der Waals surface area contributed by atoms with Crippen LogP contribution in [-0.4, -0.2) is 45.6 Å². The van der Waals surface area contributed by atoms with Crippen LogP contribution in [0.4, 0.5) is 22.0 Å². The summed E-state index contributed by atoms with van der Waals surface area (Å²) in [6.07, 6.45) is -6.29. The first-order valence-electron chi connectivity index (χ1n) is 9.47. The molecule has 0 amide bonds. The predicted octanol–water partition coefficient (Wildman–Crippen LogP) is 5.43. The van der Waals surface area contributed by atoms with E-state index in [0.717, 1.165) is 12.3 Å². The molecule has 2 unspecified atom stereocenters. The van der Waals surface area contributed by atoms with Gasteiger partial charge >= 0.3 is 6.18 Å². The molecule has 4 nitrogen and oxygen atoms in total. The summed E-state index contributed by atoms with van der Waals surface area (Å²) >= 11 is 0. The molecule has 2 rings (SSSR count). The van der Waals surface area contributed by atoms with Gasteiger partial charge < -0.3 is 14.5 Å². The highest BCUT2D eigenvalue weighted by Crippen LogP contribution is 2.47. The first-order valence-corrected chi connectivity index (χ1v) is 12.4. The molecule has 0 spiro atoms. The highest BCUT2D eigenvalue weighted by atomic mass is 28.4. The van der Waals surface area contributed by atoms with Crippen LogP contribution in [0.3, 0.4) is 0 Å². The summed E-state index contributed by atoms with van der Waals surface area (Å²) in [5.74, 6) is -4.58. The molecule has 1 aliphatic rings. The minimum atomic E-state index is -4.75. The van der Waals surface area contributed by atoms with Gasteiger partial charge in [0.2, 0.25) is 5.88 Å². The Morgan fingerprint density at radius 3 is 2.34 bits per heavy atom. The Balaban J connectivity index is 2.55. The van der Waals surface area contributed by atoms with Crippen molar-refractivity contribution >= 4 is 8.32 Å². The van der Waals surface area contributed by atoms with Gasteiger partial charge in [0.25, 0.3) is 5.92 Å². The van der Waals surface area contributed by atoms with Crippen LogP contribution in [0.5, 0.6) is 5.88 Å². The second kappa shape index (κ2) is 8.11. The van der Waals surface area contributed by atoms with Gasteiger partial charge in [0, 0.05) is 25.7 Å². The Morgan fingerprint density at radius 1 is 1.24 bits per heavy atom. The maximum Gasteiger partial charge on any atom is 0.417 e. The molecule has 1 saturated heterocycles. The fourth-order valence-corrected chi connectivity index (χ4v) is 4.20. The zero-order valence-corrected chi connectivity index (χ0v) is 18.6. The van der Waals surface area contributed by atoms with Crippen LogP contribution in [0.15, 0.2) is 12.3 Å². The molecule has 29 heavy (non-hydrogen) atoms. The Kier molecular flexibility index (Phi) is 6.71. The van der Waals surface area contributed by atoms with Gasteiger partial charge in [-0.25, -0.2) is 13.8 Å². The van der Waals surface area contributed by atoms with E-state index in [0.29, 0.717) is 0 Å². The fourth-order valence-electron chi connectivity index (χ4n) is 3.00. The zero-order valence-electron chi connectivity index (χ0n) is 17.6. The molecular weight excluding hydrogens is 411 g/mol. The van der Waals surface area contributed by atoms with Gasteiger partial charge in [0.1, 0.15) is 0 Å². The van der Waals surface area contributed by atoms with E-state index in [2.05, 4.69) is 10.3 Å². The van der Waals surface area contributed by atoms with Gasteiger partial charge in [-0.1, -0.05) is 20.8 Å². The van der Waals surface area contributed by atoms with E-state index >= 15 is 0 Å². The van der Waals surface area contributed by atoms with Crippen LogP contribution < -0.4 is 10.1 Å². The van der Waals surface area contributed by atoms with Crippen molar-refractivity contribution in [2.45, 2.75) is 69.4 Å². The molecule has 166 valence electrons. The lowest BCUT2D eigenvalue weighted by Crippen LogP contribution is -2.45. The number of nitrogens with zero attached hydrogens (tertiary/aromatic N) is 1. The van der Waals surface area contributed by atoms with Crippen LogP contribution in [0.1, 0.15) is 50.3 Å². The number of halogens is 5. The Bertz CT molecular complexity index is 720. The van der Waals surface area contributed by atoms with E-state index in [4.69, 9.17) is 9.16 Å². The highest BCUT2D eigenvalue weighted by Gasteiger charge is 2.50. The van der Waals surface area contributed by atoms with Gasteiger partial charge in [-0.2, -0.15) is 13.2 Å². The third kappa shape index (κ3) is 5.27. The van der Waals surface area contributed by atoms with Gasteiger partial charge in [-0.3, -0.25) is 0 Å². The molecule has 0 saturated carbocycles. The summed E-state index contributed by atoms with van der Waals surface area (Å²) in [6, 6.07) is 1.11. The van der Waals surface area contributed by atoms with Crippen molar-refractivity contribution in [1.29, 1.82) is 0 Å². The topological polar surface area (TPSA) is 43.4 Å². The summed E-state index contributed by atoms with van der Waals surface area (Å²) in [5.41, 5.74) is -0.338. The Morgan fingerprint density at radius 2 is 1.86 bits per heavy atom. The number of ether oxygens (including phenoxy) is 1. The maximum absolute atomic E-state index is 14.4. The van der Waals surface area contributed by atoms with Gasteiger partial charge in [0.15, 0.2) is 14.4 Å². The molecule has 1 aromatic rings. The van der Waals surface area contributed by atoms with Crippen molar-refractivity contribution in [3.63, 3.8) is 0 Å². The molecule has 0 aliphatic carbocycles. The summed E-state index contributed by atoms with van der Waals surface area (Å²) in [6.45, 7) is 9.00. The van der Waals surface area contributed by atoms with Crippen molar-refractivity contribution in [2.24, 2.45) is 0 Å². The van der Waals surface area contributed by atoms with E-state index in [1.165, 1.54) is 7.11 Å². The highest BCUT2D eigenvalue weighted by molar-refractivity contribution is 6.74. The maximum atomic E-state index is 14.4. The van der Waals surface area contributed by atoms with Crippen molar-refractivity contribution in [3.8, 4) is 5.88 Å². The van der Waals surface area contributed by atoms with E-state index in [9.17, 15) is 22.0 Å². The summed E-state index contributed by atoms with van der Waals surface area (Å²) in [4.78, 5) is 3.92. The van der Waals surface area contributed by atoms with Crippen LogP contribution >= 0.6 is 0 Å². The first kappa shape index (κ1) is 24.0. The largest absolute Gasteiger partial charge is 0.481 e. The number of pyridine rings is 1. The third-order valence-corrected chi connectivity index (χ3v) is 10.2. The lowest BCUT2D eigenvalue weighted by molar-refractivity contribution is -0.202. The molecule has 1 fully saturated rings. The second-order valence-electron chi connectivity index (χ2n) is 8.93. The van der Waals surface area contributed by atoms with E-state index in [1.807, 2.05) is 20.8 Å². The standard InChI is InChI=1S/C19H29F5N2O2Si/c1-17(2,3)29(5,6)28-15(19(22,23)24)13-9-12(10-26-16(13)27-4)14-11-25-8-7-18(14,20)21/h9-10,14-15,25H,7-8,11H2,1-6H3. The molecule has 1 N–H and O–H groups in total. The molecule has 2 atom stereocenters.